The Kier molecular flexibility index (Phi) is 4.21. The van der Waals surface area contributed by atoms with Gasteiger partial charge in [-0.15, -0.1) is 21.5 Å². The van der Waals surface area contributed by atoms with E-state index in [0.29, 0.717) is 19.0 Å². The first-order chi connectivity index (χ1) is 13.2. The average molecular weight is 382 g/mol. The Labute approximate surface area is 161 Å². The second-order valence-electron chi connectivity index (χ2n) is 7.41. The quantitative estimate of drug-likeness (QED) is 0.679. The largest absolute Gasteiger partial charge is 0.381 e. The highest BCUT2D eigenvalue weighted by Gasteiger charge is 2.33. The van der Waals surface area contributed by atoms with E-state index < -0.39 is 0 Å². The number of hydrogen-bond donors (Lipinski definition) is 0. The number of ether oxygens (including phenoxy) is 1. The first kappa shape index (κ1) is 16.9. The topological polar surface area (TPSA) is 60.3 Å². The van der Waals surface area contributed by atoms with E-state index in [2.05, 4.69) is 33.8 Å². The lowest BCUT2D eigenvalue weighted by Crippen LogP contribution is -2.40. The Hall–Kier alpha value is -2.25. The molecular weight excluding hydrogens is 360 g/mol. The van der Waals surface area contributed by atoms with E-state index in [1.54, 1.807) is 11.3 Å². The number of benzene rings is 1. The van der Waals surface area contributed by atoms with E-state index in [1.807, 2.05) is 23.1 Å². The molecule has 2 aliphatic rings. The van der Waals surface area contributed by atoms with Crippen molar-refractivity contribution in [3.8, 4) is 0 Å². The van der Waals surface area contributed by atoms with Gasteiger partial charge in [-0.25, -0.2) is 0 Å². The Bertz CT molecular complexity index is 956. The van der Waals surface area contributed by atoms with E-state index in [9.17, 15) is 4.79 Å². The summed E-state index contributed by atoms with van der Waals surface area (Å²) in [5, 5.41) is 10.1. The molecule has 1 saturated heterocycles. The molecule has 0 saturated carbocycles. The van der Waals surface area contributed by atoms with Gasteiger partial charge in [-0.3, -0.25) is 4.79 Å². The van der Waals surface area contributed by atoms with E-state index in [0.717, 1.165) is 52.7 Å². The van der Waals surface area contributed by atoms with Crippen molar-refractivity contribution in [2.75, 3.05) is 19.8 Å². The third-order valence-electron chi connectivity index (χ3n) is 5.56. The van der Waals surface area contributed by atoms with E-state index in [4.69, 9.17) is 4.74 Å². The van der Waals surface area contributed by atoms with Gasteiger partial charge >= 0.3 is 0 Å². The summed E-state index contributed by atoms with van der Waals surface area (Å²) in [4.78, 5) is 15.8. The molecule has 1 aromatic carbocycles. The average Bonchev–Trinajstić information content (AvgIpc) is 3.32. The molecule has 1 atom stereocenters. The number of carbonyl (C=O) groups excluding carboxylic acids is 1. The molecule has 0 radical (unpaired) electrons. The number of fused-ring (bicyclic) bond motifs is 2. The summed E-state index contributed by atoms with van der Waals surface area (Å²) in [5.41, 5.74) is 0. The van der Waals surface area contributed by atoms with E-state index in [-0.39, 0.29) is 11.9 Å². The molecule has 1 amide bonds. The number of aromatic nitrogens is 3. The van der Waals surface area contributed by atoms with Gasteiger partial charge in [-0.1, -0.05) is 18.2 Å². The van der Waals surface area contributed by atoms with Crippen LogP contribution in [-0.4, -0.2) is 45.3 Å². The van der Waals surface area contributed by atoms with Crippen molar-refractivity contribution in [3.05, 3.63) is 46.9 Å². The molecule has 0 aliphatic carbocycles. The van der Waals surface area contributed by atoms with Crippen molar-refractivity contribution in [1.82, 2.24) is 19.7 Å². The lowest BCUT2D eigenvalue weighted by atomic mass is 9.99. The third-order valence-corrected chi connectivity index (χ3v) is 6.66. The Balaban J connectivity index is 1.41. The van der Waals surface area contributed by atoms with Crippen LogP contribution < -0.4 is 0 Å². The predicted molar refractivity (Wildman–Crippen MR) is 104 cm³/mol. The van der Waals surface area contributed by atoms with Crippen LogP contribution >= 0.6 is 11.3 Å². The zero-order chi connectivity index (χ0) is 18.4. The van der Waals surface area contributed by atoms with Crippen molar-refractivity contribution >= 4 is 27.3 Å². The highest BCUT2D eigenvalue weighted by Crippen LogP contribution is 2.32. The highest BCUT2D eigenvalue weighted by molar-refractivity contribution is 7.20. The van der Waals surface area contributed by atoms with Crippen LogP contribution in [0.5, 0.6) is 0 Å². The van der Waals surface area contributed by atoms with Crippen LogP contribution in [0.2, 0.25) is 0 Å². The maximum absolute atomic E-state index is 13.1. The van der Waals surface area contributed by atoms with Crippen LogP contribution in [0.4, 0.5) is 0 Å². The summed E-state index contributed by atoms with van der Waals surface area (Å²) in [6, 6.07) is 10.3. The molecule has 1 fully saturated rings. The molecule has 5 rings (SSSR count). The van der Waals surface area contributed by atoms with Gasteiger partial charge < -0.3 is 14.2 Å². The Morgan fingerprint density at radius 1 is 1.22 bits per heavy atom. The highest BCUT2D eigenvalue weighted by atomic mass is 32.1. The summed E-state index contributed by atoms with van der Waals surface area (Å²) < 4.78 is 8.89. The first-order valence-corrected chi connectivity index (χ1v) is 10.3. The number of thiophene rings is 1. The minimum Gasteiger partial charge on any atom is -0.381 e. The van der Waals surface area contributed by atoms with Gasteiger partial charge in [0.2, 0.25) is 0 Å². The van der Waals surface area contributed by atoms with Crippen LogP contribution in [-0.2, 0) is 11.3 Å². The second kappa shape index (κ2) is 6.73. The van der Waals surface area contributed by atoms with Gasteiger partial charge in [0, 0.05) is 30.4 Å². The van der Waals surface area contributed by atoms with E-state index >= 15 is 0 Å². The number of rotatable bonds is 2. The molecule has 7 heteroatoms. The molecule has 0 unspecified atom stereocenters. The van der Waals surface area contributed by atoms with Gasteiger partial charge in [0.05, 0.1) is 17.5 Å². The zero-order valence-electron chi connectivity index (χ0n) is 15.3. The summed E-state index contributed by atoms with van der Waals surface area (Å²) >= 11 is 1.56. The molecule has 0 bridgehead atoms. The standard InChI is InChI=1S/C20H22N4O2S/c1-13-11-23(20(25)17-10-15-4-2-3-5-16(15)27-17)12-18-21-22-19(24(13)18)14-6-8-26-9-7-14/h2-5,10,13-14H,6-9,11-12H2,1H3/t13-/m0/s1. The van der Waals surface area contributed by atoms with Crippen LogP contribution in [0.3, 0.4) is 0 Å². The number of nitrogens with zero attached hydrogens (tertiary/aromatic N) is 4. The normalized spacial score (nSPS) is 20.8. The molecule has 6 nitrogen and oxygen atoms in total. The molecule has 27 heavy (non-hydrogen) atoms. The van der Waals surface area contributed by atoms with Crippen molar-refractivity contribution in [3.63, 3.8) is 0 Å². The third kappa shape index (κ3) is 2.95. The lowest BCUT2D eigenvalue weighted by molar-refractivity contribution is 0.0673. The lowest BCUT2D eigenvalue weighted by Gasteiger charge is -2.33. The van der Waals surface area contributed by atoms with Crippen molar-refractivity contribution < 1.29 is 9.53 Å². The SMILES string of the molecule is C[C@H]1CN(C(=O)c2cc3ccccc3s2)Cc2nnc(C3CCOCC3)n21. The number of carbonyl (C=O) groups is 1. The summed E-state index contributed by atoms with van der Waals surface area (Å²) in [7, 11) is 0. The minimum atomic E-state index is 0.0879. The Morgan fingerprint density at radius 3 is 2.85 bits per heavy atom. The monoisotopic (exact) mass is 382 g/mol. The maximum atomic E-state index is 13.1. The van der Waals surface area contributed by atoms with Gasteiger partial charge in [0.1, 0.15) is 5.82 Å². The predicted octanol–water partition coefficient (Wildman–Crippen LogP) is 3.60. The first-order valence-electron chi connectivity index (χ1n) is 9.50. The molecule has 2 aliphatic heterocycles. The smallest absolute Gasteiger partial charge is 0.264 e. The summed E-state index contributed by atoms with van der Waals surface area (Å²) in [6.07, 6.45) is 1.99. The molecule has 3 aromatic rings. The second-order valence-corrected chi connectivity index (χ2v) is 8.50. The van der Waals surface area contributed by atoms with Crippen molar-refractivity contribution in [2.24, 2.45) is 0 Å². The van der Waals surface area contributed by atoms with Crippen LogP contribution in [0, 0.1) is 0 Å². The minimum absolute atomic E-state index is 0.0879. The summed E-state index contributed by atoms with van der Waals surface area (Å²) in [5.74, 6) is 2.46. The fourth-order valence-electron chi connectivity index (χ4n) is 4.19. The fraction of sp³-hybridized carbons (Fsp3) is 0.450. The van der Waals surface area contributed by atoms with Crippen molar-refractivity contribution in [1.29, 1.82) is 0 Å². The van der Waals surface area contributed by atoms with Crippen molar-refractivity contribution in [2.45, 2.75) is 38.3 Å². The number of amides is 1. The maximum Gasteiger partial charge on any atom is 0.264 e. The molecule has 2 aromatic heterocycles. The van der Waals surface area contributed by atoms with E-state index in [1.165, 1.54) is 0 Å². The van der Waals surface area contributed by atoms with Crippen LogP contribution in [0.1, 0.15) is 53.0 Å². The van der Waals surface area contributed by atoms with Gasteiger partial charge in [-0.2, -0.15) is 0 Å². The molecular formula is C20H22N4O2S. The van der Waals surface area contributed by atoms with Crippen LogP contribution in [0.15, 0.2) is 30.3 Å². The molecule has 4 heterocycles. The summed E-state index contributed by atoms with van der Waals surface area (Å²) in [6.45, 7) is 4.94. The molecule has 0 N–H and O–H groups in total. The van der Waals surface area contributed by atoms with Crippen LogP contribution in [0.25, 0.3) is 10.1 Å². The zero-order valence-corrected chi connectivity index (χ0v) is 16.1. The Morgan fingerprint density at radius 2 is 2.04 bits per heavy atom. The molecule has 140 valence electrons. The fourth-order valence-corrected chi connectivity index (χ4v) is 5.22. The van der Waals surface area contributed by atoms with Gasteiger partial charge in [-0.05, 0) is 37.3 Å². The van der Waals surface area contributed by atoms with Gasteiger partial charge in [0.25, 0.3) is 5.91 Å². The molecule has 0 spiro atoms. The van der Waals surface area contributed by atoms with Gasteiger partial charge in [0.15, 0.2) is 5.82 Å². The number of hydrogen-bond acceptors (Lipinski definition) is 5.